The van der Waals surface area contributed by atoms with E-state index in [1.54, 1.807) is 13.2 Å². The van der Waals surface area contributed by atoms with E-state index in [2.05, 4.69) is 0 Å². The van der Waals surface area contributed by atoms with E-state index in [0.29, 0.717) is 5.56 Å². The summed E-state index contributed by atoms with van der Waals surface area (Å²) in [6.07, 6.45) is 0.866. The Morgan fingerprint density at radius 3 is 2.44 bits per heavy atom. The van der Waals surface area contributed by atoms with Crippen molar-refractivity contribution in [2.75, 3.05) is 13.9 Å². The van der Waals surface area contributed by atoms with E-state index < -0.39 is 0 Å². The molecule has 0 aromatic heterocycles. The smallest absolute Gasteiger partial charge is 0.188 e. The van der Waals surface area contributed by atoms with Crippen LogP contribution in [0.2, 0.25) is 0 Å². The molecular formula is C15H14O3. The lowest BCUT2D eigenvalue weighted by molar-refractivity contribution is 0.0511. The molecule has 0 saturated carbocycles. The molecule has 0 N–H and O–H groups in total. The Bertz CT molecular complexity index is 518. The van der Waals surface area contributed by atoms with Crippen molar-refractivity contribution in [3.63, 3.8) is 0 Å². The highest BCUT2D eigenvalue weighted by molar-refractivity contribution is 5.87. The molecule has 0 saturated heterocycles. The molecule has 0 heterocycles. The van der Waals surface area contributed by atoms with E-state index in [9.17, 15) is 4.79 Å². The highest BCUT2D eigenvalue weighted by atomic mass is 16.7. The van der Waals surface area contributed by atoms with Crippen LogP contribution in [-0.2, 0) is 4.74 Å². The third-order valence-corrected chi connectivity index (χ3v) is 2.60. The van der Waals surface area contributed by atoms with Crippen molar-refractivity contribution < 1.29 is 14.3 Å². The normalized spacial score (nSPS) is 10.1. The summed E-state index contributed by atoms with van der Waals surface area (Å²) in [6.45, 7) is 0.226. The minimum absolute atomic E-state index is 0.226. The Hall–Kier alpha value is -2.13. The van der Waals surface area contributed by atoms with Crippen molar-refractivity contribution in [2.24, 2.45) is 0 Å². The van der Waals surface area contributed by atoms with Crippen LogP contribution >= 0.6 is 0 Å². The van der Waals surface area contributed by atoms with E-state index in [4.69, 9.17) is 9.47 Å². The van der Waals surface area contributed by atoms with Gasteiger partial charge in [0.05, 0.1) is 0 Å². The topological polar surface area (TPSA) is 35.5 Å². The zero-order valence-corrected chi connectivity index (χ0v) is 10.1. The molecular weight excluding hydrogens is 228 g/mol. The summed E-state index contributed by atoms with van der Waals surface area (Å²) in [5.41, 5.74) is 2.59. The quantitative estimate of drug-likeness (QED) is 0.597. The van der Waals surface area contributed by atoms with Crippen molar-refractivity contribution in [3.8, 4) is 16.9 Å². The maximum atomic E-state index is 11.0. The van der Waals surface area contributed by atoms with Crippen LogP contribution in [0.5, 0.6) is 5.75 Å². The highest BCUT2D eigenvalue weighted by Gasteiger charge is 2.03. The number of hydrogen-bond donors (Lipinski definition) is 0. The Morgan fingerprint density at radius 2 is 1.78 bits per heavy atom. The Morgan fingerprint density at radius 1 is 1.06 bits per heavy atom. The van der Waals surface area contributed by atoms with Gasteiger partial charge in [-0.25, -0.2) is 0 Å². The maximum Gasteiger partial charge on any atom is 0.188 e. The van der Waals surface area contributed by atoms with Crippen molar-refractivity contribution in [1.82, 2.24) is 0 Å². The molecule has 3 heteroatoms. The van der Waals surface area contributed by atoms with Gasteiger partial charge in [0.25, 0.3) is 0 Å². The van der Waals surface area contributed by atoms with E-state index in [0.717, 1.165) is 23.2 Å². The summed E-state index contributed by atoms with van der Waals surface area (Å²) in [4.78, 5) is 11.0. The van der Waals surface area contributed by atoms with E-state index >= 15 is 0 Å². The molecule has 0 unspecified atom stereocenters. The monoisotopic (exact) mass is 242 g/mol. The fraction of sp³-hybridized carbons (Fsp3) is 0.133. The third kappa shape index (κ3) is 2.76. The fourth-order valence-corrected chi connectivity index (χ4v) is 1.72. The summed E-state index contributed by atoms with van der Waals surface area (Å²) in [6, 6.07) is 15.1. The summed E-state index contributed by atoms with van der Waals surface area (Å²) in [5.74, 6) is 0.740. The van der Waals surface area contributed by atoms with Gasteiger partial charge in [0.2, 0.25) is 0 Å². The molecule has 3 nitrogen and oxygen atoms in total. The van der Waals surface area contributed by atoms with Crippen molar-refractivity contribution in [3.05, 3.63) is 54.1 Å². The van der Waals surface area contributed by atoms with Crippen molar-refractivity contribution in [1.29, 1.82) is 0 Å². The first-order chi connectivity index (χ1) is 8.85. The van der Waals surface area contributed by atoms with Gasteiger partial charge in [-0.2, -0.15) is 0 Å². The number of ether oxygens (including phenoxy) is 2. The average Bonchev–Trinajstić information content (AvgIpc) is 2.45. The SMILES string of the molecule is COCOc1ccc(-c2ccccc2C=O)cc1. The van der Waals surface area contributed by atoms with Gasteiger partial charge in [0.15, 0.2) is 13.1 Å². The van der Waals surface area contributed by atoms with Gasteiger partial charge in [-0.15, -0.1) is 0 Å². The van der Waals surface area contributed by atoms with Gasteiger partial charge < -0.3 is 9.47 Å². The molecule has 0 fully saturated rings. The lowest BCUT2D eigenvalue weighted by atomic mass is 10.0. The second-order valence-corrected chi connectivity index (χ2v) is 3.78. The van der Waals surface area contributed by atoms with Gasteiger partial charge >= 0.3 is 0 Å². The van der Waals surface area contributed by atoms with E-state index in [1.807, 2.05) is 42.5 Å². The number of methoxy groups -OCH3 is 1. The van der Waals surface area contributed by atoms with Crippen LogP contribution in [-0.4, -0.2) is 20.2 Å². The summed E-state index contributed by atoms with van der Waals surface area (Å²) < 4.78 is 10.1. The highest BCUT2D eigenvalue weighted by Crippen LogP contribution is 2.24. The number of carbonyl (C=O) groups is 1. The summed E-state index contributed by atoms with van der Waals surface area (Å²) in [5, 5.41) is 0. The van der Waals surface area contributed by atoms with Gasteiger partial charge in [0.1, 0.15) is 5.75 Å². The Kier molecular flexibility index (Phi) is 4.10. The van der Waals surface area contributed by atoms with Crippen LogP contribution in [0, 0.1) is 0 Å². The maximum absolute atomic E-state index is 11.0. The lowest BCUT2D eigenvalue weighted by Gasteiger charge is -2.07. The van der Waals surface area contributed by atoms with Gasteiger partial charge in [-0.05, 0) is 23.3 Å². The molecule has 0 radical (unpaired) electrons. The molecule has 0 aliphatic rings. The Labute approximate surface area is 106 Å². The summed E-state index contributed by atoms with van der Waals surface area (Å²) in [7, 11) is 1.58. The average molecular weight is 242 g/mol. The first-order valence-corrected chi connectivity index (χ1v) is 5.61. The fourth-order valence-electron chi connectivity index (χ4n) is 1.72. The number of carbonyl (C=O) groups excluding carboxylic acids is 1. The molecule has 92 valence electrons. The predicted molar refractivity (Wildman–Crippen MR) is 69.8 cm³/mol. The zero-order valence-electron chi connectivity index (χ0n) is 10.1. The zero-order chi connectivity index (χ0) is 12.8. The molecule has 0 atom stereocenters. The second kappa shape index (κ2) is 5.98. The molecule has 2 rings (SSSR count). The minimum atomic E-state index is 0.226. The standard InChI is InChI=1S/C15H14O3/c1-17-11-18-14-8-6-12(7-9-14)15-5-3-2-4-13(15)10-16/h2-10H,11H2,1H3. The van der Waals surface area contributed by atoms with Crippen LogP contribution in [0.15, 0.2) is 48.5 Å². The van der Waals surface area contributed by atoms with Crippen LogP contribution in [0.4, 0.5) is 0 Å². The molecule has 2 aromatic carbocycles. The first-order valence-electron chi connectivity index (χ1n) is 5.61. The van der Waals surface area contributed by atoms with Crippen LogP contribution in [0.25, 0.3) is 11.1 Å². The molecule has 2 aromatic rings. The number of rotatable bonds is 5. The van der Waals surface area contributed by atoms with Gasteiger partial charge in [-0.1, -0.05) is 36.4 Å². The molecule has 0 spiro atoms. The van der Waals surface area contributed by atoms with Crippen molar-refractivity contribution in [2.45, 2.75) is 0 Å². The van der Waals surface area contributed by atoms with Crippen LogP contribution in [0.1, 0.15) is 10.4 Å². The predicted octanol–water partition coefficient (Wildman–Crippen LogP) is 3.15. The van der Waals surface area contributed by atoms with E-state index in [-0.39, 0.29) is 6.79 Å². The van der Waals surface area contributed by atoms with E-state index in [1.165, 1.54) is 0 Å². The molecule has 0 bridgehead atoms. The number of benzene rings is 2. The molecule has 0 aliphatic carbocycles. The lowest BCUT2D eigenvalue weighted by Crippen LogP contribution is -1.98. The largest absolute Gasteiger partial charge is 0.468 e. The van der Waals surface area contributed by atoms with Gasteiger partial charge in [0, 0.05) is 12.7 Å². The van der Waals surface area contributed by atoms with Crippen LogP contribution < -0.4 is 4.74 Å². The Balaban J connectivity index is 2.26. The summed E-state index contributed by atoms with van der Waals surface area (Å²) >= 11 is 0. The third-order valence-electron chi connectivity index (χ3n) is 2.60. The first kappa shape index (κ1) is 12.3. The molecule has 0 aliphatic heterocycles. The number of hydrogen-bond acceptors (Lipinski definition) is 3. The molecule has 18 heavy (non-hydrogen) atoms. The van der Waals surface area contributed by atoms with Crippen LogP contribution in [0.3, 0.4) is 0 Å². The number of aldehydes is 1. The van der Waals surface area contributed by atoms with Gasteiger partial charge in [-0.3, -0.25) is 4.79 Å². The van der Waals surface area contributed by atoms with Crippen molar-refractivity contribution >= 4 is 6.29 Å². The second-order valence-electron chi connectivity index (χ2n) is 3.78. The molecule has 0 amide bonds. The minimum Gasteiger partial charge on any atom is -0.468 e.